The van der Waals surface area contributed by atoms with E-state index in [0.29, 0.717) is 11.3 Å². The van der Waals surface area contributed by atoms with Gasteiger partial charge in [0.1, 0.15) is 11.0 Å². The molecular formula is C17H14N2O6S2. The fourth-order valence-corrected chi connectivity index (χ4v) is 4.87. The summed E-state index contributed by atoms with van der Waals surface area (Å²) in [6.07, 6.45) is 1.60. The Kier molecular flexibility index (Phi) is 4.69. The molecule has 27 heavy (non-hydrogen) atoms. The topological polar surface area (TPSA) is 135 Å². The molecule has 1 aromatic carbocycles. The van der Waals surface area contributed by atoms with Gasteiger partial charge in [-0.15, -0.1) is 0 Å². The van der Waals surface area contributed by atoms with Crippen LogP contribution >= 0.6 is 11.8 Å². The Bertz CT molecular complexity index is 1070. The van der Waals surface area contributed by atoms with Crippen LogP contribution in [-0.2, 0) is 14.6 Å². The summed E-state index contributed by atoms with van der Waals surface area (Å²) in [5, 5.41) is 22.3. The van der Waals surface area contributed by atoms with E-state index in [2.05, 4.69) is 0 Å². The van der Waals surface area contributed by atoms with E-state index in [9.17, 15) is 28.1 Å². The molecule has 2 aliphatic rings. The van der Waals surface area contributed by atoms with Crippen LogP contribution in [0.25, 0.3) is 0 Å². The lowest BCUT2D eigenvalue weighted by molar-refractivity contribution is -0.385. The summed E-state index contributed by atoms with van der Waals surface area (Å²) in [5.74, 6) is -1.64. The van der Waals surface area contributed by atoms with Crippen LogP contribution in [0.3, 0.4) is 0 Å². The Morgan fingerprint density at radius 2 is 2.07 bits per heavy atom. The number of nitro benzene ring substituents is 1. The first-order valence-corrected chi connectivity index (χ1v) is 10.7. The van der Waals surface area contributed by atoms with E-state index in [-0.39, 0.29) is 27.9 Å². The number of hydrogen-bond acceptors (Lipinski definition) is 8. The third kappa shape index (κ3) is 3.28. The van der Waals surface area contributed by atoms with Gasteiger partial charge in [0.2, 0.25) is 5.78 Å². The van der Waals surface area contributed by atoms with Crippen LogP contribution in [0, 0.1) is 38.5 Å². The zero-order valence-corrected chi connectivity index (χ0v) is 16.0. The maximum atomic E-state index is 13.0. The largest absolute Gasteiger partial charge is 0.294 e. The minimum absolute atomic E-state index is 0.0596. The number of rotatable bonds is 5. The molecule has 0 spiro atoms. The van der Waals surface area contributed by atoms with Crippen LogP contribution in [0.5, 0.6) is 0 Å². The zero-order valence-electron chi connectivity index (χ0n) is 14.3. The van der Waals surface area contributed by atoms with E-state index in [1.54, 1.807) is 6.92 Å². The summed E-state index contributed by atoms with van der Waals surface area (Å²) in [5.41, 5.74) is -1.24. The SMILES string of the molecule is CC1C(=O)C(C(=O)c2ccc(S(C)(=O)=O)cc2[N+](=O)[O-])=C(SC#N)C2CC12. The minimum Gasteiger partial charge on any atom is -0.294 e. The average molecular weight is 406 g/mol. The number of thiocyanates is 1. The molecule has 10 heteroatoms. The van der Waals surface area contributed by atoms with Crippen molar-refractivity contribution in [1.82, 2.24) is 0 Å². The number of carbonyl (C=O) groups excluding carboxylic acids is 2. The summed E-state index contributed by atoms with van der Waals surface area (Å²) in [7, 11) is -3.71. The molecule has 0 heterocycles. The predicted octanol–water partition coefficient (Wildman–Crippen LogP) is 2.50. The van der Waals surface area contributed by atoms with Gasteiger partial charge in [-0.3, -0.25) is 19.7 Å². The van der Waals surface area contributed by atoms with Crippen molar-refractivity contribution in [2.45, 2.75) is 18.2 Å². The lowest BCUT2D eigenvalue weighted by Gasteiger charge is -2.20. The third-order valence-corrected chi connectivity index (χ3v) is 6.87. The van der Waals surface area contributed by atoms with Crippen LogP contribution in [0.2, 0.25) is 0 Å². The summed E-state index contributed by atoms with van der Waals surface area (Å²) in [4.78, 5) is 36.4. The second-order valence-electron chi connectivity index (χ2n) is 6.63. The van der Waals surface area contributed by atoms with Gasteiger partial charge in [-0.25, -0.2) is 8.42 Å². The number of benzene rings is 1. The number of hydrogen-bond donors (Lipinski definition) is 0. The summed E-state index contributed by atoms with van der Waals surface area (Å²) in [6, 6.07) is 2.97. The van der Waals surface area contributed by atoms with E-state index in [1.165, 1.54) is 0 Å². The Hall–Kier alpha value is -2.51. The van der Waals surface area contributed by atoms with Crippen LogP contribution in [0.4, 0.5) is 5.69 Å². The van der Waals surface area contributed by atoms with Gasteiger partial charge in [0.25, 0.3) is 5.69 Å². The van der Waals surface area contributed by atoms with E-state index < -0.39 is 37.9 Å². The van der Waals surface area contributed by atoms with Crippen LogP contribution in [0.15, 0.2) is 33.6 Å². The normalized spacial score (nSPS) is 24.2. The third-order valence-electron chi connectivity index (χ3n) is 4.95. The fraction of sp³-hybridized carbons (Fsp3) is 0.353. The highest BCUT2D eigenvalue weighted by Gasteiger charge is 2.53. The van der Waals surface area contributed by atoms with Gasteiger partial charge in [0.05, 0.1) is 15.4 Å². The Morgan fingerprint density at radius 1 is 1.41 bits per heavy atom. The second kappa shape index (κ2) is 6.58. The molecule has 0 radical (unpaired) electrons. The van der Waals surface area contributed by atoms with Gasteiger partial charge in [0, 0.05) is 23.1 Å². The highest BCUT2D eigenvalue weighted by molar-refractivity contribution is 8.07. The first-order chi connectivity index (χ1) is 12.6. The van der Waals surface area contributed by atoms with Gasteiger partial charge in [-0.05, 0) is 42.2 Å². The van der Waals surface area contributed by atoms with Crippen molar-refractivity contribution in [2.75, 3.05) is 6.26 Å². The maximum Gasteiger partial charge on any atom is 0.281 e. The molecule has 2 aliphatic carbocycles. The van der Waals surface area contributed by atoms with E-state index in [4.69, 9.17) is 5.26 Å². The van der Waals surface area contributed by atoms with E-state index in [1.807, 2.05) is 5.40 Å². The number of fused-ring (bicyclic) bond motifs is 1. The van der Waals surface area contributed by atoms with E-state index in [0.717, 1.165) is 36.2 Å². The minimum atomic E-state index is -3.71. The van der Waals surface area contributed by atoms with Gasteiger partial charge in [-0.2, -0.15) is 5.26 Å². The van der Waals surface area contributed by atoms with Gasteiger partial charge in [0.15, 0.2) is 15.6 Å². The van der Waals surface area contributed by atoms with Crippen molar-refractivity contribution in [3.63, 3.8) is 0 Å². The molecule has 3 unspecified atom stereocenters. The zero-order chi connectivity index (χ0) is 20.1. The molecule has 0 aliphatic heterocycles. The number of nitriles is 1. The number of nitro groups is 1. The lowest BCUT2D eigenvalue weighted by atomic mass is 9.84. The predicted molar refractivity (Wildman–Crippen MR) is 96.5 cm³/mol. The molecule has 0 N–H and O–H groups in total. The van der Waals surface area contributed by atoms with Crippen molar-refractivity contribution in [1.29, 1.82) is 5.26 Å². The van der Waals surface area contributed by atoms with Crippen LogP contribution < -0.4 is 0 Å². The molecular weight excluding hydrogens is 392 g/mol. The van der Waals surface area contributed by atoms with Gasteiger partial charge in [-0.1, -0.05) is 6.92 Å². The fourth-order valence-electron chi connectivity index (χ4n) is 3.42. The molecule has 0 saturated heterocycles. The van der Waals surface area contributed by atoms with Crippen molar-refractivity contribution >= 4 is 38.9 Å². The second-order valence-corrected chi connectivity index (χ2v) is 9.47. The average Bonchev–Trinajstić information content (AvgIpc) is 3.39. The quantitative estimate of drug-likeness (QED) is 0.239. The van der Waals surface area contributed by atoms with Crippen molar-refractivity contribution in [3.05, 3.63) is 44.4 Å². The number of ketones is 2. The maximum absolute atomic E-state index is 13.0. The van der Waals surface area contributed by atoms with E-state index >= 15 is 0 Å². The Balaban J connectivity index is 2.17. The molecule has 140 valence electrons. The first-order valence-electron chi connectivity index (χ1n) is 7.95. The number of carbonyl (C=O) groups is 2. The molecule has 3 atom stereocenters. The number of thioether (sulfide) groups is 1. The Morgan fingerprint density at radius 3 is 2.63 bits per heavy atom. The monoisotopic (exact) mass is 406 g/mol. The standard InChI is InChI=1S/C17H14N2O6S2/c1-8-11-6-12(11)17(26-7-18)14(15(8)20)16(21)10-4-3-9(27(2,24)25)5-13(10)19(22)23/h3-5,8,11-12H,6H2,1-2H3. The molecule has 1 aromatic rings. The van der Waals surface area contributed by atoms with Gasteiger partial charge >= 0.3 is 0 Å². The highest BCUT2D eigenvalue weighted by Crippen LogP contribution is 2.57. The molecule has 1 fully saturated rings. The summed E-state index contributed by atoms with van der Waals surface area (Å²) < 4.78 is 23.3. The Labute approximate surface area is 159 Å². The lowest BCUT2D eigenvalue weighted by Crippen LogP contribution is -2.27. The summed E-state index contributed by atoms with van der Waals surface area (Å²) >= 11 is 0.738. The smallest absolute Gasteiger partial charge is 0.281 e. The molecule has 8 nitrogen and oxygen atoms in total. The van der Waals surface area contributed by atoms with Crippen LogP contribution in [0.1, 0.15) is 23.7 Å². The first kappa shape index (κ1) is 19.3. The van der Waals surface area contributed by atoms with Gasteiger partial charge < -0.3 is 0 Å². The number of Topliss-reactive ketones (excluding diaryl/α,β-unsaturated/α-hetero) is 2. The molecule has 0 aromatic heterocycles. The number of nitrogens with zero attached hydrogens (tertiary/aromatic N) is 2. The summed E-state index contributed by atoms with van der Waals surface area (Å²) in [6.45, 7) is 1.70. The van der Waals surface area contributed by atoms with Crippen LogP contribution in [-0.4, -0.2) is 31.2 Å². The molecule has 0 amide bonds. The number of sulfone groups is 1. The van der Waals surface area contributed by atoms with Crippen molar-refractivity contribution in [2.24, 2.45) is 17.8 Å². The van der Waals surface area contributed by atoms with Crippen molar-refractivity contribution < 1.29 is 22.9 Å². The van der Waals surface area contributed by atoms with Crippen molar-refractivity contribution in [3.8, 4) is 5.40 Å². The molecule has 0 bridgehead atoms. The molecule has 3 rings (SSSR count). The molecule has 1 saturated carbocycles. The number of allylic oxidation sites excluding steroid dienone is 2. The highest BCUT2D eigenvalue weighted by atomic mass is 32.2.